The molecule has 1 aliphatic heterocycles. The molecular weight excluding hydrogens is 299 g/mol. The van der Waals surface area contributed by atoms with Crippen LogP contribution in [-0.2, 0) is 17.1 Å². The van der Waals surface area contributed by atoms with Gasteiger partial charge in [0.05, 0.1) is 11.2 Å². The Labute approximate surface area is 118 Å². The molecule has 0 spiro atoms. The van der Waals surface area contributed by atoms with Crippen molar-refractivity contribution in [2.45, 2.75) is 17.5 Å². The monoisotopic (exact) mass is 314 g/mol. The van der Waals surface area contributed by atoms with E-state index in [1.165, 1.54) is 15.2 Å². The molecule has 2 rings (SSSR count). The first kappa shape index (κ1) is 15.7. The fraction of sp³-hybridized carbons (Fsp3) is 0.667. The minimum absolute atomic E-state index is 0. The van der Waals surface area contributed by atoms with Crippen molar-refractivity contribution >= 4 is 34.0 Å². The summed E-state index contributed by atoms with van der Waals surface area (Å²) in [7, 11) is -0.430. The second-order valence-corrected chi connectivity index (χ2v) is 6.41. The number of aromatic nitrogens is 2. The van der Waals surface area contributed by atoms with E-state index in [4.69, 9.17) is 11.6 Å². The maximum absolute atomic E-state index is 12.4. The summed E-state index contributed by atoms with van der Waals surface area (Å²) in [6.45, 7) is 1.51. The molecular formula is C9H16Cl2N4O2S. The van der Waals surface area contributed by atoms with Crippen LogP contribution in [0.15, 0.2) is 11.2 Å². The first-order chi connectivity index (χ1) is 7.94. The summed E-state index contributed by atoms with van der Waals surface area (Å²) in [5, 5.41) is 7.20. The molecule has 1 N–H and O–H groups in total. The maximum Gasteiger partial charge on any atom is 0.261 e. The number of nitrogens with one attached hydrogen (secondary N) is 1. The number of nitrogens with zero attached hydrogens (tertiary/aromatic N) is 3. The SMILES string of the molecule is CN(C1CCNC1)S(=O)(=O)c1c(Cl)cnn1C.Cl. The van der Waals surface area contributed by atoms with Crippen LogP contribution in [0.2, 0.25) is 5.02 Å². The zero-order chi connectivity index (χ0) is 12.6. The molecule has 6 nitrogen and oxygen atoms in total. The van der Waals surface area contributed by atoms with Gasteiger partial charge in [-0.3, -0.25) is 4.68 Å². The number of sulfonamides is 1. The van der Waals surface area contributed by atoms with Crippen LogP contribution in [-0.4, -0.2) is 48.7 Å². The molecule has 0 saturated carbocycles. The van der Waals surface area contributed by atoms with Crippen LogP contribution in [0.3, 0.4) is 0 Å². The average Bonchev–Trinajstić information content (AvgIpc) is 2.87. The van der Waals surface area contributed by atoms with Gasteiger partial charge in [0.1, 0.15) is 0 Å². The molecule has 1 saturated heterocycles. The summed E-state index contributed by atoms with van der Waals surface area (Å²) in [5.41, 5.74) is 0. The number of hydrogen-bond acceptors (Lipinski definition) is 4. The highest BCUT2D eigenvalue weighted by Crippen LogP contribution is 2.25. The molecule has 0 amide bonds. The Bertz CT molecular complexity index is 491. The summed E-state index contributed by atoms with van der Waals surface area (Å²) < 4.78 is 27.4. The van der Waals surface area contributed by atoms with Gasteiger partial charge in [-0.1, -0.05) is 11.6 Å². The fourth-order valence-electron chi connectivity index (χ4n) is 1.97. The normalized spacial score (nSPS) is 20.1. The van der Waals surface area contributed by atoms with Crippen LogP contribution in [0.5, 0.6) is 0 Å². The van der Waals surface area contributed by atoms with Gasteiger partial charge in [0.25, 0.3) is 10.0 Å². The summed E-state index contributed by atoms with van der Waals surface area (Å²) in [6, 6.07) is -0.0223. The molecule has 1 aromatic heterocycles. The molecule has 104 valence electrons. The van der Waals surface area contributed by atoms with Crippen LogP contribution in [0, 0.1) is 0 Å². The van der Waals surface area contributed by atoms with Gasteiger partial charge in [0, 0.05) is 26.7 Å². The van der Waals surface area contributed by atoms with Gasteiger partial charge in [-0.05, 0) is 13.0 Å². The van der Waals surface area contributed by atoms with Gasteiger partial charge in [-0.25, -0.2) is 8.42 Å². The van der Waals surface area contributed by atoms with Crippen LogP contribution in [0.25, 0.3) is 0 Å². The van der Waals surface area contributed by atoms with Crippen LogP contribution in [0.4, 0.5) is 0 Å². The summed E-state index contributed by atoms with van der Waals surface area (Å²) in [5.74, 6) is 0. The van der Waals surface area contributed by atoms with Gasteiger partial charge in [-0.15, -0.1) is 12.4 Å². The fourth-order valence-corrected chi connectivity index (χ4v) is 3.96. The number of aryl methyl sites for hydroxylation is 1. The number of hydrogen-bond donors (Lipinski definition) is 1. The Morgan fingerprint density at radius 1 is 1.61 bits per heavy atom. The van der Waals surface area contributed by atoms with Crippen molar-refractivity contribution in [3.63, 3.8) is 0 Å². The quantitative estimate of drug-likeness (QED) is 0.881. The molecule has 18 heavy (non-hydrogen) atoms. The predicted octanol–water partition coefficient (Wildman–Crippen LogP) is 0.478. The van der Waals surface area contributed by atoms with Crippen LogP contribution < -0.4 is 5.32 Å². The van der Waals surface area contributed by atoms with Crippen molar-refractivity contribution in [3.05, 3.63) is 11.2 Å². The van der Waals surface area contributed by atoms with E-state index in [1.807, 2.05) is 0 Å². The molecule has 1 atom stereocenters. The minimum atomic E-state index is -3.58. The zero-order valence-electron chi connectivity index (χ0n) is 10.1. The number of halogens is 2. The maximum atomic E-state index is 12.4. The molecule has 0 aromatic carbocycles. The Morgan fingerprint density at radius 3 is 2.72 bits per heavy atom. The molecule has 2 heterocycles. The standard InChI is InChI=1S/C9H15ClN4O2S.ClH/c1-13-9(8(10)6-12-13)17(15,16)14(2)7-3-4-11-5-7;/h6-7,11H,3-5H2,1-2H3;1H. The molecule has 1 aromatic rings. The first-order valence-electron chi connectivity index (χ1n) is 5.31. The van der Waals surface area contributed by atoms with E-state index in [0.717, 1.165) is 13.0 Å². The summed E-state index contributed by atoms with van der Waals surface area (Å²) in [4.78, 5) is 0. The van der Waals surface area contributed by atoms with Crippen molar-refractivity contribution < 1.29 is 8.42 Å². The molecule has 0 radical (unpaired) electrons. The van der Waals surface area contributed by atoms with Gasteiger partial charge in [0.2, 0.25) is 0 Å². The number of likely N-dealkylation sites (N-methyl/N-ethyl adjacent to an activating group) is 1. The Balaban J connectivity index is 0.00000162. The van der Waals surface area contributed by atoms with Crippen LogP contribution in [0.1, 0.15) is 6.42 Å². The van der Waals surface area contributed by atoms with E-state index in [0.29, 0.717) is 6.54 Å². The second kappa shape index (κ2) is 5.75. The van der Waals surface area contributed by atoms with E-state index >= 15 is 0 Å². The van der Waals surface area contributed by atoms with E-state index in [9.17, 15) is 8.42 Å². The Hall–Kier alpha value is -0.340. The molecule has 1 unspecified atom stereocenters. The van der Waals surface area contributed by atoms with Gasteiger partial charge < -0.3 is 5.32 Å². The van der Waals surface area contributed by atoms with E-state index in [-0.39, 0.29) is 28.5 Å². The van der Waals surface area contributed by atoms with Crippen LogP contribution >= 0.6 is 24.0 Å². The lowest BCUT2D eigenvalue weighted by atomic mass is 10.3. The van der Waals surface area contributed by atoms with Crippen molar-refractivity contribution in [1.29, 1.82) is 0 Å². The van der Waals surface area contributed by atoms with E-state index in [2.05, 4.69) is 10.4 Å². The molecule has 1 fully saturated rings. The summed E-state index contributed by atoms with van der Waals surface area (Å²) in [6.07, 6.45) is 2.15. The van der Waals surface area contributed by atoms with E-state index < -0.39 is 10.0 Å². The number of rotatable bonds is 3. The highest BCUT2D eigenvalue weighted by Gasteiger charge is 2.33. The smallest absolute Gasteiger partial charge is 0.261 e. The first-order valence-corrected chi connectivity index (χ1v) is 7.12. The van der Waals surface area contributed by atoms with Crippen molar-refractivity contribution in [3.8, 4) is 0 Å². The highest BCUT2D eigenvalue weighted by atomic mass is 35.5. The molecule has 0 bridgehead atoms. The van der Waals surface area contributed by atoms with Gasteiger partial charge in [0.15, 0.2) is 5.03 Å². The highest BCUT2D eigenvalue weighted by molar-refractivity contribution is 7.89. The van der Waals surface area contributed by atoms with Crippen molar-refractivity contribution in [2.75, 3.05) is 20.1 Å². The van der Waals surface area contributed by atoms with Gasteiger partial charge >= 0.3 is 0 Å². The zero-order valence-corrected chi connectivity index (χ0v) is 12.5. The largest absolute Gasteiger partial charge is 0.315 e. The van der Waals surface area contributed by atoms with Crippen molar-refractivity contribution in [2.24, 2.45) is 7.05 Å². The Kier molecular flexibility index (Phi) is 5.02. The Morgan fingerprint density at radius 2 is 2.28 bits per heavy atom. The van der Waals surface area contributed by atoms with Crippen molar-refractivity contribution in [1.82, 2.24) is 19.4 Å². The van der Waals surface area contributed by atoms with E-state index in [1.54, 1.807) is 14.1 Å². The third kappa shape index (κ3) is 2.65. The second-order valence-electron chi connectivity index (χ2n) is 4.09. The molecule has 0 aliphatic carbocycles. The molecule has 9 heteroatoms. The lowest BCUT2D eigenvalue weighted by Gasteiger charge is -2.23. The predicted molar refractivity (Wildman–Crippen MR) is 71.7 cm³/mol. The van der Waals surface area contributed by atoms with Gasteiger partial charge in [-0.2, -0.15) is 9.40 Å². The lowest BCUT2D eigenvalue weighted by Crippen LogP contribution is -2.39. The topological polar surface area (TPSA) is 67.2 Å². The molecule has 1 aliphatic rings. The third-order valence-electron chi connectivity index (χ3n) is 3.01. The lowest BCUT2D eigenvalue weighted by molar-refractivity contribution is 0.383. The average molecular weight is 315 g/mol. The summed E-state index contributed by atoms with van der Waals surface area (Å²) >= 11 is 5.88. The third-order valence-corrected chi connectivity index (χ3v) is 5.43. The minimum Gasteiger partial charge on any atom is -0.315 e.